The lowest BCUT2D eigenvalue weighted by atomic mass is 10.0. The van der Waals surface area contributed by atoms with Crippen molar-refractivity contribution in [2.24, 2.45) is 0 Å². The Kier molecular flexibility index (Phi) is 2.56. The van der Waals surface area contributed by atoms with Crippen LogP contribution < -0.4 is 5.32 Å². The van der Waals surface area contributed by atoms with Gasteiger partial charge >= 0.3 is 0 Å². The molecule has 0 fully saturated rings. The Balaban J connectivity index is 1.72. The van der Waals surface area contributed by atoms with Gasteiger partial charge in [0, 0.05) is 49.6 Å². The second-order valence-electron chi connectivity index (χ2n) is 4.78. The van der Waals surface area contributed by atoms with Crippen molar-refractivity contribution >= 4 is 11.9 Å². The highest BCUT2D eigenvalue weighted by atomic mass is 16.1. The molecular weight excluding hydrogens is 268 g/mol. The van der Waals surface area contributed by atoms with Crippen LogP contribution in [0.4, 0.5) is 5.95 Å². The van der Waals surface area contributed by atoms with E-state index >= 15 is 0 Å². The Bertz CT molecular complexity index is 804. The van der Waals surface area contributed by atoms with Crippen LogP contribution in [0.3, 0.4) is 0 Å². The van der Waals surface area contributed by atoms with Gasteiger partial charge in [-0.1, -0.05) is 0 Å². The first-order chi connectivity index (χ1) is 10.3. The minimum Gasteiger partial charge on any atom is -0.364 e. The Labute approximate surface area is 120 Å². The van der Waals surface area contributed by atoms with Crippen molar-refractivity contribution in [1.82, 2.24) is 24.5 Å². The van der Waals surface area contributed by atoms with Crippen LogP contribution in [0, 0.1) is 0 Å². The fraction of sp³-hybridized carbons (Fsp3) is 0.143. The molecule has 0 unspecified atom stereocenters. The number of aromatic amines is 1. The molecule has 0 saturated carbocycles. The standard InChI is InChI=1S/C14H12N6O/c21-13(19-14-16-3-1-4-17-14)9-8-18-10-2-6-20-7-5-15-12(20)11(9)10/h1,3-5,7-8,18H,2,6H2,(H,16,17,19,21). The van der Waals surface area contributed by atoms with Gasteiger partial charge in [0.05, 0.1) is 11.1 Å². The number of hydrogen-bond donors (Lipinski definition) is 2. The van der Waals surface area contributed by atoms with Crippen LogP contribution in [0.2, 0.25) is 0 Å². The normalized spacial score (nSPS) is 12.6. The molecule has 0 spiro atoms. The number of fused-ring (bicyclic) bond motifs is 3. The number of anilines is 1. The number of nitrogens with one attached hydrogen (secondary N) is 2. The topological polar surface area (TPSA) is 88.5 Å². The summed E-state index contributed by atoms with van der Waals surface area (Å²) in [4.78, 5) is 28.0. The van der Waals surface area contributed by atoms with Gasteiger partial charge in [0.25, 0.3) is 5.91 Å². The van der Waals surface area contributed by atoms with E-state index in [1.54, 1.807) is 30.9 Å². The third-order valence-electron chi connectivity index (χ3n) is 3.54. The number of hydrogen-bond acceptors (Lipinski definition) is 4. The van der Waals surface area contributed by atoms with Gasteiger partial charge in [0.1, 0.15) is 5.82 Å². The Morgan fingerprint density at radius 2 is 2.10 bits per heavy atom. The van der Waals surface area contributed by atoms with Crippen LogP contribution in [0.5, 0.6) is 0 Å². The summed E-state index contributed by atoms with van der Waals surface area (Å²) < 4.78 is 2.05. The molecule has 104 valence electrons. The van der Waals surface area contributed by atoms with E-state index in [1.807, 2.05) is 10.8 Å². The van der Waals surface area contributed by atoms with Gasteiger partial charge in [0.15, 0.2) is 0 Å². The van der Waals surface area contributed by atoms with Crippen LogP contribution in [-0.2, 0) is 13.0 Å². The number of amides is 1. The van der Waals surface area contributed by atoms with E-state index in [0.717, 1.165) is 30.0 Å². The van der Waals surface area contributed by atoms with Crippen molar-refractivity contribution in [1.29, 1.82) is 0 Å². The molecule has 7 heteroatoms. The maximum Gasteiger partial charge on any atom is 0.260 e. The van der Waals surface area contributed by atoms with E-state index in [-0.39, 0.29) is 11.9 Å². The summed E-state index contributed by atoms with van der Waals surface area (Å²) >= 11 is 0. The quantitative estimate of drug-likeness (QED) is 0.744. The lowest BCUT2D eigenvalue weighted by Crippen LogP contribution is -2.16. The largest absolute Gasteiger partial charge is 0.364 e. The van der Waals surface area contributed by atoms with Crippen LogP contribution in [0.15, 0.2) is 37.1 Å². The van der Waals surface area contributed by atoms with E-state index in [0.29, 0.717) is 5.56 Å². The van der Waals surface area contributed by atoms with Gasteiger partial charge in [-0.15, -0.1) is 0 Å². The molecule has 3 aromatic heterocycles. The van der Waals surface area contributed by atoms with E-state index in [2.05, 4.69) is 25.3 Å². The zero-order valence-electron chi connectivity index (χ0n) is 11.1. The molecule has 1 aliphatic heterocycles. The molecule has 1 amide bonds. The van der Waals surface area contributed by atoms with Gasteiger partial charge in [0.2, 0.25) is 5.95 Å². The zero-order chi connectivity index (χ0) is 14.2. The van der Waals surface area contributed by atoms with Crippen molar-refractivity contribution in [2.75, 3.05) is 5.32 Å². The minimum absolute atomic E-state index is 0.241. The second kappa shape index (κ2) is 4.55. The average molecular weight is 280 g/mol. The highest BCUT2D eigenvalue weighted by molar-refractivity contribution is 6.08. The predicted octanol–water partition coefficient (Wildman–Crippen LogP) is 1.48. The zero-order valence-corrected chi connectivity index (χ0v) is 11.1. The number of H-pyrrole nitrogens is 1. The summed E-state index contributed by atoms with van der Waals surface area (Å²) in [7, 11) is 0. The molecule has 7 nitrogen and oxygen atoms in total. The number of aryl methyl sites for hydroxylation is 2. The minimum atomic E-state index is -0.241. The van der Waals surface area contributed by atoms with Gasteiger partial charge in [-0.3, -0.25) is 10.1 Å². The van der Waals surface area contributed by atoms with E-state index in [9.17, 15) is 4.79 Å². The van der Waals surface area contributed by atoms with Gasteiger partial charge in [-0.05, 0) is 6.07 Å². The number of carbonyl (C=O) groups is 1. The lowest BCUT2D eigenvalue weighted by Gasteiger charge is -2.15. The molecule has 0 aliphatic carbocycles. The summed E-state index contributed by atoms with van der Waals surface area (Å²) in [6, 6.07) is 1.70. The van der Waals surface area contributed by atoms with E-state index < -0.39 is 0 Å². The maximum absolute atomic E-state index is 12.4. The van der Waals surface area contributed by atoms with Crippen LogP contribution in [-0.4, -0.2) is 30.4 Å². The summed E-state index contributed by atoms with van der Waals surface area (Å²) in [6.07, 6.45) is 9.41. The summed E-state index contributed by atoms with van der Waals surface area (Å²) in [5.41, 5.74) is 2.46. The van der Waals surface area contributed by atoms with Crippen molar-refractivity contribution in [2.45, 2.75) is 13.0 Å². The molecular formula is C14H12N6O. The van der Waals surface area contributed by atoms with Crippen molar-refractivity contribution in [3.63, 3.8) is 0 Å². The highest BCUT2D eigenvalue weighted by Gasteiger charge is 2.25. The first kappa shape index (κ1) is 11.8. The molecule has 0 saturated heterocycles. The van der Waals surface area contributed by atoms with Crippen molar-refractivity contribution in [3.8, 4) is 11.4 Å². The van der Waals surface area contributed by atoms with E-state index in [4.69, 9.17) is 0 Å². The Morgan fingerprint density at radius 3 is 2.95 bits per heavy atom. The predicted molar refractivity (Wildman–Crippen MR) is 75.7 cm³/mol. The number of nitrogens with zero attached hydrogens (tertiary/aromatic N) is 4. The third-order valence-corrected chi connectivity index (χ3v) is 3.54. The molecule has 21 heavy (non-hydrogen) atoms. The SMILES string of the molecule is O=C(Nc1ncccn1)c1c[nH]c2c1-c1nccn1CC2. The molecule has 3 aromatic rings. The van der Waals surface area contributed by atoms with Gasteiger partial charge < -0.3 is 9.55 Å². The lowest BCUT2D eigenvalue weighted by molar-refractivity contribution is 0.102. The number of imidazole rings is 1. The first-order valence-corrected chi connectivity index (χ1v) is 6.63. The fourth-order valence-corrected chi connectivity index (χ4v) is 2.58. The molecule has 1 aliphatic rings. The smallest absolute Gasteiger partial charge is 0.260 e. The molecule has 2 N–H and O–H groups in total. The Hall–Kier alpha value is -2.96. The fourth-order valence-electron chi connectivity index (χ4n) is 2.58. The van der Waals surface area contributed by atoms with E-state index in [1.165, 1.54) is 0 Å². The van der Waals surface area contributed by atoms with Crippen LogP contribution in [0.25, 0.3) is 11.4 Å². The molecule has 0 atom stereocenters. The van der Waals surface area contributed by atoms with Gasteiger partial charge in [-0.25, -0.2) is 15.0 Å². The number of rotatable bonds is 2. The third kappa shape index (κ3) is 1.90. The average Bonchev–Trinajstić information content (AvgIpc) is 3.14. The molecule has 0 bridgehead atoms. The molecule has 0 radical (unpaired) electrons. The number of carbonyl (C=O) groups excluding carboxylic acids is 1. The van der Waals surface area contributed by atoms with Gasteiger partial charge in [-0.2, -0.15) is 0 Å². The molecule has 4 rings (SSSR count). The number of aromatic nitrogens is 5. The summed E-state index contributed by atoms with van der Waals surface area (Å²) in [6.45, 7) is 0.867. The van der Waals surface area contributed by atoms with Crippen molar-refractivity contribution in [3.05, 3.63) is 48.3 Å². The van der Waals surface area contributed by atoms with Crippen LogP contribution >= 0.6 is 0 Å². The highest BCUT2D eigenvalue weighted by Crippen LogP contribution is 2.31. The Morgan fingerprint density at radius 1 is 1.24 bits per heavy atom. The summed E-state index contributed by atoms with van der Waals surface area (Å²) in [5.74, 6) is 0.864. The van der Waals surface area contributed by atoms with Crippen molar-refractivity contribution < 1.29 is 4.79 Å². The maximum atomic E-state index is 12.4. The second-order valence-corrected chi connectivity index (χ2v) is 4.78. The first-order valence-electron chi connectivity index (χ1n) is 6.63. The molecule has 0 aromatic carbocycles. The molecule has 4 heterocycles. The summed E-state index contributed by atoms with van der Waals surface area (Å²) in [5, 5.41) is 2.70. The van der Waals surface area contributed by atoms with Crippen LogP contribution in [0.1, 0.15) is 16.1 Å². The monoisotopic (exact) mass is 280 g/mol.